The zero-order chi connectivity index (χ0) is 18.4. The van der Waals surface area contributed by atoms with Crippen molar-refractivity contribution >= 4 is 0 Å². The molecule has 0 aliphatic heterocycles. The molecule has 0 fully saturated rings. The van der Waals surface area contributed by atoms with Crippen LogP contribution in [0.25, 0.3) is 0 Å². The molecule has 2 heteroatoms. The summed E-state index contributed by atoms with van der Waals surface area (Å²) in [6, 6.07) is 6.72. The van der Waals surface area contributed by atoms with E-state index >= 15 is 0 Å². The smallest absolute Gasteiger partial charge is 0.202 e. The van der Waals surface area contributed by atoms with E-state index in [1.165, 1.54) is 24.8 Å². The van der Waals surface area contributed by atoms with Crippen molar-refractivity contribution in [3.8, 4) is 5.75 Å². The van der Waals surface area contributed by atoms with Crippen LogP contribution in [0.2, 0.25) is 0 Å². The molecule has 0 aromatic heterocycles. The molecule has 4 unspecified atom stereocenters. The first-order valence-corrected chi connectivity index (χ1v) is 10.5. The fourth-order valence-corrected chi connectivity index (χ4v) is 4.19. The highest BCUT2D eigenvalue weighted by Gasteiger charge is 2.30. The van der Waals surface area contributed by atoms with Crippen LogP contribution in [0.5, 0.6) is 5.75 Å². The fourth-order valence-electron chi connectivity index (χ4n) is 4.19. The molecule has 1 aliphatic carbocycles. The lowest BCUT2D eigenvalue weighted by molar-refractivity contribution is -0.145. The third-order valence-corrected chi connectivity index (χ3v) is 5.72. The summed E-state index contributed by atoms with van der Waals surface area (Å²) in [6.07, 6.45) is 7.11. The molecule has 0 radical (unpaired) electrons. The lowest BCUT2D eigenvalue weighted by Crippen LogP contribution is -2.31. The SMILES string of the molecule is CCCC(CC)OC(Oc1ccc2c(c1)CC(CC)C2CC)C(C)C. The third kappa shape index (κ3) is 5.00. The average molecular weight is 347 g/mol. The van der Waals surface area contributed by atoms with E-state index in [9.17, 15) is 0 Å². The van der Waals surface area contributed by atoms with Gasteiger partial charge in [-0.25, -0.2) is 0 Å². The summed E-state index contributed by atoms with van der Waals surface area (Å²) in [4.78, 5) is 0. The normalized spacial score (nSPS) is 22.0. The minimum Gasteiger partial charge on any atom is -0.465 e. The van der Waals surface area contributed by atoms with Crippen molar-refractivity contribution in [2.45, 2.75) is 98.4 Å². The largest absolute Gasteiger partial charge is 0.465 e. The Balaban J connectivity index is 2.11. The lowest BCUT2D eigenvalue weighted by Gasteiger charge is -2.27. The van der Waals surface area contributed by atoms with Crippen molar-refractivity contribution in [2.75, 3.05) is 0 Å². The predicted molar refractivity (Wildman–Crippen MR) is 106 cm³/mol. The molecule has 2 rings (SSSR count). The van der Waals surface area contributed by atoms with Gasteiger partial charge in [0, 0.05) is 5.92 Å². The molecule has 1 aliphatic rings. The fraction of sp³-hybridized carbons (Fsp3) is 0.739. The molecular weight excluding hydrogens is 308 g/mol. The average Bonchev–Trinajstić information content (AvgIpc) is 2.97. The van der Waals surface area contributed by atoms with Crippen molar-refractivity contribution in [3.63, 3.8) is 0 Å². The second kappa shape index (κ2) is 9.62. The Morgan fingerprint density at radius 1 is 1.08 bits per heavy atom. The Hall–Kier alpha value is -1.02. The van der Waals surface area contributed by atoms with Gasteiger partial charge in [0.1, 0.15) is 5.75 Å². The van der Waals surface area contributed by atoms with Gasteiger partial charge in [-0.15, -0.1) is 0 Å². The summed E-state index contributed by atoms with van der Waals surface area (Å²) < 4.78 is 12.6. The zero-order valence-corrected chi connectivity index (χ0v) is 17.2. The maximum Gasteiger partial charge on any atom is 0.202 e. The topological polar surface area (TPSA) is 18.5 Å². The third-order valence-electron chi connectivity index (χ3n) is 5.72. The lowest BCUT2D eigenvalue weighted by atomic mass is 9.88. The molecule has 1 aromatic carbocycles. The van der Waals surface area contributed by atoms with E-state index in [1.54, 1.807) is 5.56 Å². The van der Waals surface area contributed by atoms with E-state index in [-0.39, 0.29) is 6.29 Å². The van der Waals surface area contributed by atoms with E-state index < -0.39 is 0 Å². The molecule has 0 saturated heterocycles. The molecular formula is C23H38O2. The molecule has 0 saturated carbocycles. The Morgan fingerprint density at radius 2 is 1.84 bits per heavy atom. The number of hydrogen-bond donors (Lipinski definition) is 0. The van der Waals surface area contributed by atoms with Crippen LogP contribution in [-0.4, -0.2) is 12.4 Å². The number of rotatable bonds is 10. The van der Waals surface area contributed by atoms with Gasteiger partial charge in [0.25, 0.3) is 0 Å². The van der Waals surface area contributed by atoms with Crippen molar-refractivity contribution in [1.29, 1.82) is 0 Å². The first-order valence-electron chi connectivity index (χ1n) is 10.5. The van der Waals surface area contributed by atoms with E-state index in [0.717, 1.165) is 36.8 Å². The minimum atomic E-state index is -0.167. The van der Waals surface area contributed by atoms with Crippen LogP contribution in [0.4, 0.5) is 0 Å². The Morgan fingerprint density at radius 3 is 2.40 bits per heavy atom. The summed E-state index contributed by atoms with van der Waals surface area (Å²) in [5.41, 5.74) is 3.03. The second-order valence-corrected chi connectivity index (χ2v) is 7.93. The van der Waals surface area contributed by atoms with Gasteiger partial charge in [-0.05, 0) is 60.8 Å². The standard InChI is InChI=1S/C23H38O2/c1-7-11-19(9-3)24-23(16(5)6)25-20-12-13-22-18(15-20)14-17(8-2)21(22)10-4/h12-13,15-17,19,21,23H,7-11,14H2,1-6H3. The van der Waals surface area contributed by atoms with Crippen molar-refractivity contribution in [2.24, 2.45) is 11.8 Å². The van der Waals surface area contributed by atoms with E-state index in [1.807, 2.05) is 0 Å². The van der Waals surface area contributed by atoms with E-state index in [4.69, 9.17) is 9.47 Å². The highest BCUT2D eigenvalue weighted by atomic mass is 16.7. The molecule has 0 heterocycles. The maximum absolute atomic E-state index is 6.30. The van der Waals surface area contributed by atoms with Gasteiger partial charge in [0.15, 0.2) is 0 Å². The molecule has 0 N–H and O–H groups in total. The van der Waals surface area contributed by atoms with Crippen LogP contribution in [0.15, 0.2) is 18.2 Å². The van der Waals surface area contributed by atoms with Crippen LogP contribution >= 0.6 is 0 Å². The number of hydrogen-bond acceptors (Lipinski definition) is 2. The number of fused-ring (bicyclic) bond motifs is 1. The molecule has 25 heavy (non-hydrogen) atoms. The summed E-state index contributed by atoms with van der Waals surface area (Å²) in [5, 5.41) is 0. The molecule has 142 valence electrons. The van der Waals surface area contributed by atoms with Gasteiger partial charge in [-0.1, -0.05) is 60.5 Å². The highest BCUT2D eigenvalue weighted by Crippen LogP contribution is 2.43. The van der Waals surface area contributed by atoms with Gasteiger partial charge in [0.05, 0.1) is 6.10 Å². The zero-order valence-electron chi connectivity index (χ0n) is 17.2. The van der Waals surface area contributed by atoms with Gasteiger partial charge < -0.3 is 9.47 Å². The molecule has 2 nitrogen and oxygen atoms in total. The Kier molecular flexibility index (Phi) is 7.81. The first-order chi connectivity index (χ1) is 12.0. The van der Waals surface area contributed by atoms with Crippen molar-refractivity contribution < 1.29 is 9.47 Å². The van der Waals surface area contributed by atoms with Crippen LogP contribution < -0.4 is 4.74 Å². The monoisotopic (exact) mass is 346 g/mol. The van der Waals surface area contributed by atoms with Gasteiger partial charge in [-0.3, -0.25) is 0 Å². The molecule has 0 bridgehead atoms. The first kappa shape index (κ1) is 20.3. The van der Waals surface area contributed by atoms with Crippen LogP contribution in [0.3, 0.4) is 0 Å². The highest BCUT2D eigenvalue weighted by molar-refractivity contribution is 5.42. The van der Waals surface area contributed by atoms with Gasteiger partial charge >= 0.3 is 0 Å². The number of ether oxygens (including phenoxy) is 2. The molecule has 4 atom stereocenters. The number of benzene rings is 1. The van der Waals surface area contributed by atoms with E-state index in [2.05, 4.69) is 59.7 Å². The molecule has 0 amide bonds. The van der Waals surface area contributed by atoms with Crippen LogP contribution in [0.1, 0.15) is 90.7 Å². The predicted octanol–water partition coefficient (Wildman–Crippen LogP) is 6.72. The van der Waals surface area contributed by atoms with Crippen LogP contribution in [-0.2, 0) is 11.2 Å². The summed E-state index contributed by atoms with van der Waals surface area (Å²) >= 11 is 0. The van der Waals surface area contributed by atoms with Crippen molar-refractivity contribution in [3.05, 3.63) is 29.3 Å². The van der Waals surface area contributed by atoms with Crippen LogP contribution in [0, 0.1) is 11.8 Å². The van der Waals surface area contributed by atoms with Gasteiger partial charge in [-0.2, -0.15) is 0 Å². The van der Waals surface area contributed by atoms with Gasteiger partial charge in [0.2, 0.25) is 6.29 Å². The summed E-state index contributed by atoms with van der Waals surface area (Å²) in [6.45, 7) is 13.4. The summed E-state index contributed by atoms with van der Waals surface area (Å²) in [5.74, 6) is 2.82. The maximum atomic E-state index is 6.30. The minimum absolute atomic E-state index is 0.167. The second-order valence-electron chi connectivity index (χ2n) is 7.93. The quantitative estimate of drug-likeness (QED) is 0.438. The molecule has 0 spiro atoms. The summed E-state index contributed by atoms with van der Waals surface area (Å²) in [7, 11) is 0. The van der Waals surface area contributed by atoms with E-state index in [0.29, 0.717) is 12.0 Å². The molecule has 1 aromatic rings. The Bertz CT molecular complexity index is 523. The Labute approximate surface area is 155 Å². The van der Waals surface area contributed by atoms with Crippen molar-refractivity contribution in [1.82, 2.24) is 0 Å².